The first-order valence-corrected chi connectivity index (χ1v) is 5.71. The maximum absolute atomic E-state index is 12.9. The molecule has 0 fully saturated rings. The molecular weight excluding hydrogens is 249 g/mol. The van der Waals surface area contributed by atoms with Crippen molar-refractivity contribution in [2.45, 2.75) is 0 Å². The van der Waals surface area contributed by atoms with E-state index in [0.717, 1.165) is 0 Å². The summed E-state index contributed by atoms with van der Waals surface area (Å²) in [7, 11) is 0. The van der Waals surface area contributed by atoms with Crippen molar-refractivity contribution in [2.24, 2.45) is 0 Å². The maximum atomic E-state index is 12.9. The molecule has 96 valence electrons. The Hall–Kier alpha value is -2.29. The fraction of sp³-hybridized carbons (Fsp3) is 0. The van der Waals surface area contributed by atoms with E-state index in [1.807, 2.05) is 0 Å². The van der Waals surface area contributed by atoms with Gasteiger partial charge in [-0.2, -0.15) is 8.78 Å². The van der Waals surface area contributed by atoms with E-state index in [2.05, 4.69) is 0 Å². The summed E-state index contributed by atoms with van der Waals surface area (Å²) in [4.78, 5) is 0. The van der Waals surface area contributed by atoms with E-state index >= 15 is 0 Å². The first kappa shape index (κ1) is 13.1. The van der Waals surface area contributed by atoms with E-state index in [0.29, 0.717) is 11.1 Å². The summed E-state index contributed by atoms with van der Waals surface area (Å²) in [5, 5.41) is 0. The zero-order valence-electron chi connectivity index (χ0n) is 9.98. The lowest BCUT2D eigenvalue weighted by Crippen LogP contribution is -1.82. The number of allylic oxidation sites excluding steroid dienone is 2. The fourth-order valence-corrected chi connectivity index (χ4v) is 1.64. The van der Waals surface area contributed by atoms with E-state index in [4.69, 9.17) is 0 Å². The molecule has 0 saturated heterocycles. The van der Waals surface area contributed by atoms with Crippen LogP contribution in [0.15, 0.2) is 66.8 Å². The summed E-state index contributed by atoms with van der Waals surface area (Å²) in [6, 6.07) is 14.0. The van der Waals surface area contributed by atoms with Crippen LogP contribution in [-0.2, 0) is 0 Å². The van der Waals surface area contributed by atoms with Crippen molar-refractivity contribution in [1.29, 1.82) is 0 Å². The molecule has 0 aromatic heterocycles. The van der Waals surface area contributed by atoms with Crippen LogP contribution in [0.4, 0.5) is 13.2 Å². The van der Waals surface area contributed by atoms with Crippen LogP contribution in [0, 0.1) is 5.82 Å². The molecule has 0 aliphatic carbocycles. The Morgan fingerprint density at radius 1 is 0.842 bits per heavy atom. The monoisotopic (exact) mass is 260 g/mol. The quantitative estimate of drug-likeness (QED) is 0.670. The van der Waals surface area contributed by atoms with Crippen LogP contribution < -0.4 is 0 Å². The van der Waals surface area contributed by atoms with Gasteiger partial charge in [0, 0.05) is 5.57 Å². The number of hydrogen-bond donors (Lipinski definition) is 0. The molecule has 0 spiro atoms. The van der Waals surface area contributed by atoms with Gasteiger partial charge in [0.25, 0.3) is 6.08 Å². The smallest absolute Gasteiger partial charge is 0.207 e. The van der Waals surface area contributed by atoms with Gasteiger partial charge in [-0.1, -0.05) is 48.5 Å². The van der Waals surface area contributed by atoms with Gasteiger partial charge < -0.3 is 0 Å². The van der Waals surface area contributed by atoms with Crippen molar-refractivity contribution in [2.75, 3.05) is 0 Å². The average Bonchev–Trinajstić information content (AvgIpc) is 2.42. The second kappa shape index (κ2) is 6.05. The van der Waals surface area contributed by atoms with Gasteiger partial charge in [-0.25, -0.2) is 4.39 Å². The van der Waals surface area contributed by atoms with Gasteiger partial charge in [0.1, 0.15) is 5.82 Å². The van der Waals surface area contributed by atoms with E-state index in [1.54, 1.807) is 30.3 Å². The van der Waals surface area contributed by atoms with Gasteiger partial charge >= 0.3 is 0 Å². The summed E-state index contributed by atoms with van der Waals surface area (Å²) >= 11 is 0. The van der Waals surface area contributed by atoms with Crippen molar-refractivity contribution in [3.05, 3.63) is 83.7 Å². The minimum atomic E-state index is -1.75. The van der Waals surface area contributed by atoms with Gasteiger partial charge in [-0.15, -0.1) is 0 Å². The lowest BCUT2D eigenvalue weighted by molar-refractivity contribution is 0.426. The van der Waals surface area contributed by atoms with E-state index in [1.165, 1.54) is 36.4 Å². The molecule has 0 amide bonds. The zero-order valence-corrected chi connectivity index (χ0v) is 9.98. The van der Waals surface area contributed by atoms with Crippen molar-refractivity contribution >= 4 is 11.6 Å². The molecule has 0 heterocycles. The van der Waals surface area contributed by atoms with Gasteiger partial charge in [-0.3, -0.25) is 0 Å². The lowest BCUT2D eigenvalue weighted by atomic mass is 10.1. The summed E-state index contributed by atoms with van der Waals surface area (Å²) < 4.78 is 38.6. The predicted molar refractivity (Wildman–Crippen MR) is 71.0 cm³/mol. The molecule has 2 rings (SSSR count). The molecular formula is C16H11F3. The Bertz CT molecular complexity index is 592. The highest BCUT2D eigenvalue weighted by atomic mass is 19.3. The fourth-order valence-electron chi connectivity index (χ4n) is 1.64. The number of benzene rings is 2. The molecule has 0 radical (unpaired) electrons. The number of hydrogen-bond acceptors (Lipinski definition) is 0. The van der Waals surface area contributed by atoms with Crippen LogP contribution in [0.3, 0.4) is 0 Å². The maximum Gasteiger partial charge on any atom is 0.278 e. The minimum Gasteiger partial charge on any atom is -0.207 e. The molecule has 0 N–H and O–H groups in total. The third-order valence-corrected chi connectivity index (χ3v) is 2.60. The Kier molecular flexibility index (Phi) is 4.18. The Morgan fingerprint density at radius 3 is 2.05 bits per heavy atom. The second-order valence-corrected chi connectivity index (χ2v) is 3.92. The minimum absolute atomic E-state index is 0.134. The molecule has 0 saturated carbocycles. The van der Waals surface area contributed by atoms with Crippen LogP contribution in [0.5, 0.6) is 0 Å². The first-order chi connectivity index (χ1) is 9.16. The number of rotatable bonds is 3. The highest BCUT2D eigenvalue weighted by Gasteiger charge is 2.05. The second-order valence-electron chi connectivity index (χ2n) is 3.92. The third kappa shape index (κ3) is 3.58. The molecule has 2 aromatic carbocycles. The van der Waals surface area contributed by atoms with Gasteiger partial charge in [0.05, 0.1) is 0 Å². The first-order valence-electron chi connectivity index (χ1n) is 5.71. The van der Waals surface area contributed by atoms with Crippen molar-refractivity contribution in [1.82, 2.24) is 0 Å². The van der Waals surface area contributed by atoms with Crippen LogP contribution in [0.25, 0.3) is 11.6 Å². The Balaban J connectivity index is 2.29. The molecule has 0 atom stereocenters. The Labute approximate surface area is 109 Å². The van der Waals surface area contributed by atoms with Crippen molar-refractivity contribution in [3.8, 4) is 0 Å². The molecule has 3 heteroatoms. The van der Waals surface area contributed by atoms with Crippen LogP contribution in [0.1, 0.15) is 11.1 Å². The number of halogens is 3. The molecule has 2 aromatic rings. The van der Waals surface area contributed by atoms with Gasteiger partial charge in [0.2, 0.25) is 0 Å². The zero-order chi connectivity index (χ0) is 13.7. The highest BCUT2D eigenvalue weighted by Crippen LogP contribution is 2.23. The van der Waals surface area contributed by atoms with E-state index < -0.39 is 6.08 Å². The SMILES string of the molecule is FC(F)=C(C=Cc1ccc(F)cc1)c1ccccc1. The lowest BCUT2D eigenvalue weighted by Gasteiger charge is -2.01. The van der Waals surface area contributed by atoms with E-state index in [9.17, 15) is 13.2 Å². The average molecular weight is 260 g/mol. The predicted octanol–water partition coefficient (Wildman–Crippen LogP) is 5.15. The van der Waals surface area contributed by atoms with Crippen LogP contribution >= 0.6 is 0 Å². The summed E-state index contributed by atoms with van der Waals surface area (Å²) in [5.41, 5.74) is 0.974. The van der Waals surface area contributed by atoms with Crippen molar-refractivity contribution in [3.63, 3.8) is 0 Å². The summed E-state index contributed by atoms with van der Waals surface area (Å²) in [6.07, 6.45) is 1.11. The molecule has 0 bridgehead atoms. The molecule has 0 unspecified atom stereocenters. The van der Waals surface area contributed by atoms with Crippen LogP contribution in [0.2, 0.25) is 0 Å². The Morgan fingerprint density at radius 2 is 1.47 bits per heavy atom. The highest BCUT2D eigenvalue weighted by molar-refractivity contribution is 5.79. The normalized spacial score (nSPS) is 10.7. The summed E-state index contributed by atoms with van der Waals surface area (Å²) in [5.74, 6) is -0.354. The topological polar surface area (TPSA) is 0 Å². The van der Waals surface area contributed by atoms with Gasteiger partial charge in [0.15, 0.2) is 0 Å². The van der Waals surface area contributed by atoms with Crippen LogP contribution in [-0.4, -0.2) is 0 Å². The molecule has 0 nitrogen and oxygen atoms in total. The largest absolute Gasteiger partial charge is 0.278 e. The van der Waals surface area contributed by atoms with Gasteiger partial charge in [-0.05, 0) is 29.3 Å². The summed E-state index contributed by atoms with van der Waals surface area (Å²) in [6.45, 7) is 0. The standard InChI is InChI=1S/C16H11F3/c17-14-9-6-12(7-10-14)8-11-15(16(18)19)13-4-2-1-3-5-13/h1-11H. The molecule has 19 heavy (non-hydrogen) atoms. The van der Waals surface area contributed by atoms with E-state index in [-0.39, 0.29) is 11.4 Å². The third-order valence-electron chi connectivity index (χ3n) is 2.60. The molecule has 0 aliphatic rings. The van der Waals surface area contributed by atoms with Crippen molar-refractivity contribution < 1.29 is 13.2 Å². The molecule has 0 aliphatic heterocycles.